The monoisotopic (exact) mass is 478 g/mol. The molecule has 4 heterocycles. The standard InChI is InChI=1S/C25H19FN2O5S/c1-34(30,31)15-7-5-14(6-8-15)21-11-19-24(33-21)17(9-10-27-19)16-3-2-4-18(23(16)26)25(29)28-12-22-20(28)13-32-22/h2-11,20,22H,12-13H2,1H3/t20?,22-/m1/s1. The normalized spacial score (nSPS) is 19.4. The molecule has 2 aliphatic rings. The highest BCUT2D eigenvalue weighted by atomic mass is 32.2. The molecule has 0 bridgehead atoms. The van der Waals surface area contributed by atoms with E-state index >= 15 is 4.39 Å². The molecule has 6 rings (SSSR count). The Morgan fingerprint density at radius 2 is 1.91 bits per heavy atom. The Balaban J connectivity index is 1.39. The van der Waals surface area contributed by atoms with Crippen molar-refractivity contribution >= 4 is 26.8 Å². The zero-order valence-electron chi connectivity index (χ0n) is 18.1. The fourth-order valence-corrected chi connectivity index (χ4v) is 5.06. The zero-order valence-corrected chi connectivity index (χ0v) is 18.9. The van der Waals surface area contributed by atoms with E-state index in [0.717, 1.165) is 6.26 Å². The van der Waals surface area contributed by atoms with Gasteiger partial charge in [-0.2, -0.15) is 0 Å². The Morgan fingerprint density at radius 1 is 1.12 bits per heavy atom. The van der Waals surface area contributed by atoms with Crippen molar-refractivity contribution in [1.29, 1.82) is 0 Å². The molecule has 0 N–H and O–H groups in total. The number of nitrogens with zero attached hydrogens (tertiary/aromatic N) is 2. The molecule has 4 aromatic rings. The van der Waals surface area contributed by atoms with Crippen LogP contribution < -0.4 is 0 Å². The molecule has 34 heavy (non-hydrogen) atoms. The van der Waals surface area contributed by atoms with Gasteiger partial charge in [0.05, 0.1) is 29.2 Å². The van der Waals surface area contributed by atoms with Crippen molar-refractivity contribution in [1.82, 2.24) is 9.88 Å². The molecule has 2 aliphatic heterocycles. The van der Waals surface area contributed by atoms with Crippen molar-refractivity contribution in [2.24, 2.45) is 0 Å². The number of benzene rings is 2. The molecule has 2 atom stereocenters. The van der Waals surface area contributed by atoms with Crippen LogP contribution in [0.15, 0.2) is 70.1 Å². The molecule has 7 nitrogen and oxygen atoms in total. The molecule has 2 aromatic carbocycles. The average Bonchev–Trinajstić information content (AvgIpc) is 3.25. The number of carbonyl (C=O) groups excluding carboxylic acids is 1. The minimum absolute atomic E-state index is 0.0101. The van der Waals surface area contributed by atoms with Crippen LogP contribution in [0.1, 0.15) is 10.4 Å². The topological polar surface area (TPSA) is 89.7 Å². The maximum Gasteiger partial charge on any atom is 0.257 e. The van der Waals surface area contributed by atoms with Crippen LogP contribution in [-0.4, -0.2) is 55.8 Å². The molecule has 0 spiro atoms. The number of halogens is 1. The van der Waals surface area contributed by atoms with Gasteiger partial charge in [-0.15, -0.1) is 0 Å². The molecule has 1 unspecified atom stereocenters. The van der Waals surface area contributed by atoms with Gasteiger partial charge >= 0.3 is 0 Å². The summed E-state index contributed by atoms with van der Waals surface area (Å²) in [5.74, 6) is -0.487. The summed E-state index contributed by atoms with van der Waals surface area (Å²) in [6.07, 6.45) is 2.78. The number of fused-ring (bicyclic) bond motifs is 2. The van der Waals surface area contributed by atoms with Crippen molar-refractivity contribution in [3.63, 3.8) is 0 Å². The van der Waals surface area contributed by atoms with Crippen molar-refractivity contribution in [3.8, 4) is 22.5 Å². The van der Waals surface area contributed by atoms with Crippen molar-refractivity contribution < 1.29 is 26.8 Å². The summed E-state index contributed by atoms with van der Waals surface area (Å²) >= 11 is 0. The number of amides is 1. The van der Waals surface area contributed by atoms with Crippen LogP contribution in [0.5, 0.6) is 0 Å². The van der Waals surface area contributed by atoms with Crippen LogP contribution >= 0.6 is 0 Å². The number of hydrogen-bond acceptors (Lipinski definition) is 6. The van der Waals surface area contributed by atoms with Crippen molar-refractivity contribution in [2.75, 3.05) is 19.4 Å². The number of morpholine rings is 1. The Bertz CT molecular complexity index is 1560. The Hall–Kier alpha value is -3.56. The van der Waals surface area contributed by atoms with Gasteiger partial charge in [0.2, 0.25) is 0 Å². The number of ether oxygens (including phenoxy) is 1. The van der Waals surface area contributed by atoms with E-state index in [1.807, 2.05) is 0 Å². The van der Waals surface area contributed by atoms with Gasteiger partial charge in [-0.3, -0.25) is 9.78 Å². The van der Waals surface area contributed by atoms with Gasteiger partial charge in [0.25, 0.3) is 5.91 Å². The van der Waals surface area contributed by atoms with Gasteiger partial charge < -0.3 is 14.1 Å². The minimum atomic E-state index is -3.31. The highest BCUT2D eigenvalue weighted by Crippen LogP contribution is 2.37. The summed E-state index contributed by atoms with van der Waals surface area (Å²) in [6.45, 7) is 0.968. The third-order valence-electron chi connectivity index (χ3n) is 6.45. The van der Waals surface area contributed by atoms with E-state index in [1.165, 1.54) is 18.2 Å². The lowest BCUT2D eigenvalue weighted by Gasteiger charge is -2.54. The van der Waals surface area contributed by atoms with Crippen molar-refractivity contribution in [2.45, 2.75) is 17.0 Å². The first-order valence-corrected chi connectivity index (χ1v) is 12.6. The lowest BCUT2D eigenvalue weighted by atomic mass is 9.93. The van der Waals surface area contributed by atoms with Crippen LogP contribution in [0, 0.1) is 5.82 Å². The van der Waals surface area contributed by atoms with E-state index in [9.17, 15) is 13.2 Å². The van der Waals surface area contributed by atoms with E-state index in [4.69, 9.17) is 9.15 Å². The first kappa shape index (κ1) is 21.0. The molecule has 2 fully saturated rings. The van der Waals surface area contributed by atoms with Gasteiger partial charge in [-0.25, -0.2) is 12.8 Å². The Labute approximate surface area is 194 Å². The lowest BCUT2D eigenvalue weighted by molar-refractivity contribution is -0.195. The number of pyridine rings is 1. The van der Waals surface area contributed by atoms with Crippen LogP contribution in [0.2, 0.25) is 0 Å². The number of likely N-dealkylation sites (tertiary alicyclic amines) is 1. The van der Waals surface area contributed by atoms with Gasteiger partial charge in [-0.1, -0.05) is 12.1 Å². The van der Waals surface area contributed by atoms with E-state index in [-0.39, 0.29) is 34.1 Å². The first-order chi connectivity index (χ1) is 16.3. The minimum Gasteiger partial charge on any atom is -0.454 e. The van der Waals surface area contributed by atoms with E-state index in [2.05, 4.69) is 4.98 Å². The largest absolute Gasteiger partial charge is 0.454 e. The molecule has 2 saturated heterocycles. The van der Waals surface area contributed by atoms with Gasteiger partial charge in [0.1, 0.15) is 17.1 Å². The third kappa shape index (κ3) is 3.23. The summed E-state index contributed by atoms with van der Waals surface area (Å²) in [6, 6.07) is 14.5. The Kier molecular flexibility index (Phi) is 4.62. The SMILES string of the molecule is CS(=O)(=O)c1ccc(-c2cc3nccc(-c4cccc(C(=O)N5C[C@H]6OCC65)c4F)c3o2)cc1. The zero-order chi connectivity index (χ0) is 23.6. The van der Waals surface area contributed by atoms with E-state index in [0.29, 0.717) is 41.1 Å². The fourth-order valence-electron chi connectivity index (χ4n) is 4.43. The van der Waals surface area contributed by atoms with Crippen LogP contribution in [0.3, 0.4) is 0 Å². The van der Waals surface area contributed by atoms with Crippen LogP contribution in [-0.2, 0) is 14.6 Å². The second kappa shape index (κ2) is 7.48. The molecular weight excluding hydrogens is 459 g/mol. The molecule has 172 valence electrons. The molecular formula is C25H19FN2O5S. The first-order valence-electron chi connectivity index (χ1n) is 10.7. The number of hydrogen-bond donors (Lipinski definition) is 0. The van der Waals surface area contributed by atoms with E-state index in [1.54, 1.807) is 47.5 Å². The van der Waals surface area contributed by atoms with Gasteiger partial charge in [0.15, 0.2) is 15.4 Å². The average molecular weight is 479 g/mol. The summed E-state index contributed by atoms with van der Waals surface area (Å²) in [5.41, 5.74) is 2.29. The summed E-state index contributed by atoms with van der Waals surface area (Å²) < 4.78 is 50.4. The molecule has 2 aromatic heterocycles. The Morgan fingerprint density at radius 3 is 2.56 bits per heavy atom. The van der Waals surface area contributed by atoms with Crippen molar-refractivity contribution in [3.05, 3.63) is 72.2 Å². The predicted molar refractivity (Wildman–Crippen MR) is 123 cm³/mol. The number of rotatable bonds is 4. The van der Waals surface area contributed by atoms with Crippen LogP contribution in [0.4, 0.5) is 4.39 Å². The number of sulfone groups is 1. The smallest absolute Gasteiger partial charge is 0.257 e. The molecule has 0 radical (unpaired) electrons. The number of carbonyl (C=O) groups is 1. The highest BCUT2D eigenvalue weighted by molar-refractivity contribution is 7.90. The van der Waals surface area contributed by atoms with E-state index < -0.39 is 15.7 Å². The molecule has 0 saturated carbocycles. The second-order valence-corrected chi connectivity index (χ2v) is 10.6. The van der Waals surface area contributed by atoms with Gasteiger partial charge in [-0.05, 0) is 36.4 Å². The predicted octanol–water partition coefficient (Wildman–Crippen LogP) is 3.93. The third-order valence-corrected chi connectivity index (χ3v) is 7.57. The lowest BCUT2D eigenvalue weighted by Crippen LogP contribution is -2.71. The number of furan rings is 1. The summed E-state index contributed by atoms with van der Waals surface area (Å²) in [7, 11) is -3.31. The van der Waals surface area contributed by atoms with Gasteiger partial charge in [0, 0.05) is 41.8 Å². The second-order valence-electron chi connectivity index (χ2n) is 8.54. The molecule has 0 aliphatic carbocycles. The summed E-state index contributed by atoms with van der Waals surface area (Å²) in [4.78, 5) is 19.1. The maximum absolute atomic E-state index is 15.6. The molecule has 9 heteroatoms. The molecule has 1 amide bonds. The maximum atomic E-state index is 15.6. The fraction of sp³-hybridized carbons (Fsp3) is 0.200. The summed E-state index contributed by atoms with van der Waals surface area (Å²) in [5, 5.41) is 0. The van der Waals surface area contributed by atoms with Crippen LogP contribution in [0.25, 0.3) is 33.6 Å². The quantitative estimate of drug-likeness (QED) is 0.442. The highest BCUT2D eigenvalue weighted by Gasteiger charge is 2.50. The number of aromatic nitrogens is 1.